The number of aliphatic carboxylic acids is 1. The lowest BCUT2D eigenvalue weighted by atomic mass is 10.1. The minimum Gasteiger partial charge on any atom is -0.492 e. The minimum absolute atomic E-state index is 0.180. The van der Waals surface area contributed by atoms with E-state index in [2.05, 4.69) is 17.3 Å². The van der Waals surface area contributed by atoms with E-state index in [0.717, 1.165) is 12.0 Å². The van der Waals surface area contributed by atoms with Crippen LogP contribution >= 0.6 is 11.6 Å². The van der Waals surface area contributed by atoms with Crippen molar-refractivity contribution in [3.05, 3.63) is 64.8 Å². The number of nitrogens with two attached hydrogens (primary N) is 1. The number of hydrogen-bond donors (Lipinski definition) is 3. The van der Waals surface area contributed by atoms with Crippen LogP contribution < -0.4 is 15.8 Å². The van der Waals surface area contributed by atoms with Crippen LogP contribution in [-0.2, 0) is 18.3 Å². The van der Waals surface area contributed by atoms with Gasteiger partial charge in [-0.3, -0.25) is 9.48 Å². The Kier molecular flexibility index (Phi) is 9.67. The minimum atomic E-state index is -5.08. The van der Waals surface area contributed by atoms with Gasteiger partial charge in [-0.05, 0) is 42.3 Å². The smallest absolute Gasteiger partial charge is 0.490 e. The first-order valence-electron chi connectivity index (χ1n) is 10.3. The number of carboxylic acid groups (broad SMARTS) is 1. The molecule has 0 saturated heterocycles. The van der Waals surface area contributed by atoms with Crippen LogP contribution in [0.4, 0.5) is 18.9 Å². The number of nitrogens with one attached hydrogen (secondary N) is 1. The Balaban J connectivity index is 0.000000540. The third-order valence-corrected chi connectivity index (χ3v) is 4.91. The van der Waals surface area contributed by atoms with E-state index >= 15 is 0 Å². The Bertz CT molecular complexity index is 1150. The first kappa shape index (κ1) is 27.7. The number of hydrogen-bond acceptors (Lipinski definition) is 5. The molecule has 35 heavy (non-hydrogen) atoms. The lowest BCUT2D eigenvalue weighted by molar-refractivity contribution is -0.192. The van der Waals surface area contributed by atoms with Crippen LogP contribution in [-0.4, -0.2) is 46.1 Å². The summed E-state index contributed by atoms with van der Waals surface area (Å²) in [5.41, 5.74) is 9.42. The van der Waals surface area contributed by atoms with E-state index in [1.807, 2.05) is 30.3 Å². The zero-order chi connectivity index (χ0) is 26.2. The monoisotopic (exact) mass is 512 g/mol. The highest BCUT2D eigenvalue weighted by Crippen LogP contribution is 2.36. The van der Waals surface area contributed by atoms with E-state index in [-0.39, 0.29) is 5.91 Å². The third kappa shape index (κ3) is 7.72. The standard InChI is InChI=1S/C21H23ClN4O2.C2HF3O2/c1-3-14-4-6-15(7-5-14)21(27)25-16-8-9-19(28-11-10-23)17(12-16)20-18(22)13-24-26(20)2;3-2(4,5)1(6)7/h4-9,12-13H,3,10-11,23H2,1-2H3,(H,25,27);(H,6,7). The predicted molar refractivity (Wildman–Crippen MR) is 126 cm³/mol. The molecule has 3 rings (SSSR count). The second-order valence-electron chi connectivity index (χ2n) is 7.12. The quantitative estimate of drug-likeness (QED) is 0.428. The van der Waals surface area contributed by atoms with E-state index in [9.17, 15) is 18.0 Å². The van der Waals surface area contributed by atoms with Crippen molar-refractivity contribution in [3.8, 4) is 17.0 Å². The Morgan fingerprint density at radius 3 is 2.31 bits per heavy atom. The molecule has 3 aromatic rings. The molecule has 8 nitrogen and oxygen atoms in total. The fourth-order valence-corrected chi connectivity index (χ4v) is 3.16. The maximum absolute atomic E-state index is 12.6. The van der Waals surface area contributed by atoms with Crippen molar-refractivity contribution in [2.24, 2.45) is 12.8 Å². The molecule has 0 fully saturated rings. The lowest BCUT2D eigenvalue weighted by Gasteiger charge is -2.14. The lowest BCUT2D eigenvalue weighted by Crippen LogP contribution is -2.21. The van der Waals surface area contributed by atoms with Gasteiger partial charge < -0.3 is 20.9 Å². The molecular formula is C23H24ClF3N4O4. The molecule has 0 bridgehead atoms. The summed E-state index contributed by atoms with van der Waals surface area (Å²) in [6.45, 7) is 2.84. The average Bonchev–Trinajstić information content (AvgIpc) is 3.15. The molecule has 0 unspecified atom stereocenters. The number of aryl methyl sites for hydroxylation is 2. The number of carbonyl (C=O) groups excluding carboxylic acids is 1. The van der Waals surface area contributed by atoms with Gasteiger partial charge in [0.15, 0.2) is 0 Å². The van der Waals surface area contributed by atoms with Gasteiger partial charge in [0.05, 0.1) is 16.9 Å². The number of carbonyl (C=O) groups is 2. The van der Waals surface area contributed by atoms with E-state index in [4.69, 9.17) is 32.0 Å². The van der Waals surface area contributed by atoms with Gasteiger partial charge in [0.2, 0.25) is 0 Å². The molecule has 0 spiro atoms. The Morgan fingerprint density at radius 1 is 1.20 bits per heavy atom. The average molecular weight is 513 g/mol. The number of aromatic nitrogens is 2. The van der Waals surface area contributed by atoms with Crippen molar-refractivity contribution >= 4 is 29.2 Å². The largest absolute Gasteiger partial charge is 0.492 e. The maximum Gasteiger partial charge on any atom is 0.490 e. The van der Waals surface area contributed by atoms with Crippen molar-refractivity contribution in [2.45, 2.75) is 19.5 Å². The molecule has 188 valence electrons. The maximum atomic E-state index is 12.6. The van der Waals surface area contributed by atoms with E-state index in [1.165, 1.54) is 5.56 Å². The summed E-state index contributed by atoms with van der Waals surface area (Å²) in [7, 11) is 1.80. The van der Waals surface area contributed by atoms with Gasteiger partial charge in [-0.25, -0.2) is 4.79 Å². The van der Waals surface area contributed by atoms with Gasteiger partial charge in [-0.2, -0.15) is 18.3 Å². The zero-order valence-electron chi connectivity index (χ0n) is 18.9. The fraction of sp³-hybridized carbons (Fsp3) is 0.261. The first-order chi connectivity index (χ1) is 16.5. The van der Waals surface area contributed by atoms with Crippen molar-refractivity contribution in [1.29, 1.82) is 0 Å². The third-order valence-electron chi connectivity index (χ3n) is 4.63. The van der Waals surface area contributed by atoms with Gasteiger partial charge in [-0.15, -0.1) is 0 Å². The molecule has 0 aliphatic carbocycles. The van der Waals surface area contributed by atoms with Crippen molar-refractivity contribution < 1.29 is 32.6 Å². The van der Waals surface area contributed by atoms with Crippen LogP contribution in [0.25, 0.3) is 11.3 Å². The molecule has 0 aliphatic heterocycles. The second-order valence-corrected chi connectivity index (χ2v) is 7.53. The Morgan fingerprint density at radius 2 is 1.83 bits per heavy atom. The van der Waals surface area contributed by atoms with Crippen LogP contribution in [0.15, 0.2) is 48.7 Å². The number of alkyl halides is 3. The molecule has 2 aromatic carbocycles. The molecule has 0 radical (unpaired) electrons. The predicted octanol–water partition coefficient (Wildman–Crippen LogP) is 4.53. The van der Waals surface area contributed by atoms with Crippen molar-refractivity contribution in [3.63, 3.8) is 0 Å². The highest BCUT2D eigenvalue weighted by Gasteiger charge is 2.38. The van der Waals surface area contributed by atoms with Gasteiger partial charge in [0, 0.05) is 30.4 Å². The normalized spacial score (nSPS) is 10.8. The fourth-order valence-electron chi connectivity index (χ4n) is 2.90. The summed E-state index contributed by atoms with van der Waals surface area (Å²) in [6.07, 6.45) is -2.58. The van der Waals surface area contributed by atoms with Crippen LogP contribution in [0, 0.1) is 0 Å². The summed E-state index contributed by atoms with van der Waals surface area (Å²) in [4.78, 5) is 21.5. The number of halogens is 4. The summed E-state index contributed by atoms with van der Waals surface area (Å²) in [5.74, 6) is -2.31. The molecule has 0 saturated carbocycles. The number of rotatable bonds is 7. The zero-order valence-corrected chi connectivity index (χ0v) is 19.7. The van der Waals surface area contributed by atoms with Crippen LogP contribution in [0.5, 0.6) is 5.75 Å². The van der Waals surface area contributed by atoms with Crippen molar-refractivity contribution in [1.82, 2.24) is 9.78 Å². The number of amides is 1. The molecule has 0 atom stereocenters. The number of ether oxygens (including phenoxy) is 1. The van der Waals surface area contributed by atoms with Gasteiger partial charge in [0.25, 0.3) is 5.91 Å². The molecule has 0 aliphatic rings. The molecular weight excluding hydrogens is 489 g/mol. The molecule has 12 heteroatoms. The van der Waals surface area contributed by atoms with Gasteiger partial charge >= 0.3 is 12.1 Å². The first-order valence-corrected chi connectivity index (χ1v) is 10.7. The number of benzene rings is 2. The summed E-state index contributed by atoms with van der Waals surface area (Å²) < 4.78 is 39.2. The molecule has 1 amide bonds. The molecule has 1 aromatic heterocycles. The second kappa shape index (κ2) is 12.2. The van der Waals surface area contributed by atoms with Gasteiger partial charge in [0.1, 0.15) is 12.4 Å². The summed E-state index contributed by atoms with van der Waals surface area (Å²) in [6, 6.07) is 13.0. The van der Waals surface area contributed by atoms with Crippen molar-refractivity contribution in [2.75, 3.05) is 18.5 Å². The van der Waals surface area contributed by atoms with E-state index in [1.54, 1.807) is 30.1 Å². The van der Waals surface area contributed by atoms with Crippen LogP contribution in [0.1, 0.15) is 22.8 Å². The Labute approximate surface area is 204 Å². The highest BCUT2D eigenvalue weighted by molar-refractivity contribution is 6.33. The topological polar surface area (TPSA) is 119 Å². The summed E-state index contributed by atoms with van der Waals surface area (Å²) in [5, 5.41) is 14.7. The van der Waals surface area contributed by atoms with Gasteiger partial charge in [-0.1, -0.05) is 30.7 Å². The number of carboxylic acids is 1. The van der Waals surface area contributed by atoms with Crippen LogP contribution in [0.2, 0.25) is 5.02 Å². The van der Waals surface area contributed by atoms with Crippen LogP contribution in [0.3, 0.4) is 0 Å². The molecule has 4 N–H and O–H groups in total. The van der Waals surface area contributed by atoms with E-state index in [0.29, 0.717) is 40.9 Å². The number of nitrogens with zero attached hydrogens (tertiary/aromatic N) is 2. The Hall–Kier alpha value is -3.57. The SMILES string of the molecule is CCc1ccc(C(=O)Nc2ccc(OCCN)c(-c3c(Cl)cnn3C)c2)cc1.O=C(O)C(F)(F)F. The summed E-state index contributed by atoms with van der Waals surface area (Å²) >= 11 is 6.32. The van der Waals surface area contributed by atoms with E-state index < -0.39 is 12.1 Å². The highest BCUT2D eigenvalue weighted by atomic mass is 35.5. The molecule has 1 heterocycles. The number of anilines is 1.